The second-order valence-corrected chi connectivity index (χ2v) is 5.83. The van der Waals surface area contributed by atoms with Crippen molar-refractivity contribution in [3.05, 3.63) is 45.8 Å². The molecule has 0 saturated carbocycles. The Morgan fingerprint density at radius 1 is 1.22 bits per heavy atom. The maximum atomic E-state index is 4.46. The monoisotopic (exact) mass is 351 g/mol. The van der Waals surface area contributed by atoms with Gasteiger partial charge in [0.2, 0.25) is 5.95 Å². The van der Waals surface area contributed by atoms with Crippen molar-refractivity contribution in [3.8, 4) is 0 Å². The number of anilines is 2. The summed E-state index contributed by atoms with van der Waals surface area (Å²) in [5.74, 6) is 0.801. The first-order chi connectivity index (χ1) is 8.75. The number of aromatic nitrogens is 2. The SMILES string of the molecule is CC1CCc2ccccc2N1c1ncc(I)cn1. The first kappa shape index (κ1) is 11.9. The van der Waals surface area contributed by atoms with E-state index in [4.69, 9.17) is 0 Å². The minimum atomic E-state index is 0.444. The summed E-state index contributed by atoms with van der Waals surface area (Å²) in [7, 11) is 0. The van der Waals surface area contributed by atoms with Crippen LogP contribution >= 0.6 is 22.6 Å². The van der Waals surface area contributed by atoms with Crippen molar-refractivity contribution in [1.82, 2.24) is 9.97 Å². The summed E-state index contributed by atoms with van der Waals surface area (Å²) in [6, 6.07) is 8.98. The number of hydrogen-bond donors (Lipinski definition) is 0. The molecular formula is C14H14IN3. The molecule has 2 aromatic rings. The quantitative estimate of drug-likeness (QED) is 0.736. The average molecular weight is 351 g/mol. The lowest BCUT2D eigenvalue weighted by molar-refractivity contribution is 0.607. The summed E-state index contributed by atoms with van der Waals surface area (Å²) in [5.41, 5.74) is 2.63. The Bertz CT molecular complexity index is 553. The van der Waals surface area contributed by atoms with Crippen molar-refractivity contribution in [3.63, 3.8) is 0 Å². The number of aryl methyl sites for hydroxylation is 1. The van der Waals surface area contributed by atoms with E-state index in [0.29, 0.717) is 6.04 Å². The van der Waals surface area contributed by atoms with Gasteiger partial charge >= 0.3 is 0 Å². The number of benzene rings is 1. The Morgan fingerprint density at radius 2 is 1.94 bits per heavy atom. The third-order valence-electron chi connectivity index (χ3n) is 3.35. The molecular weight excluding hydrogens is 337 g/mol. The molecule has 0 aliphatic carbocycles. The van der Waals surface area contributed by atoms with Gasteiger partial charge in [0.05, 0.1) is 0 Å². The molecule has 1 aliphatic rings. The standard InChI is InChI=1S/C14H14IN3/c1-10-6-7-11-4-2-3-5-13(11)18(10)14-16-8-12(15)9-17-14/h2-5,8-10H,6-7H2,1H3. The van der Waals surface area contributed by atoms with E-state index in [2.05, 4.69) is 68.6 Å². The van der Waals surface area contributed by atoms with Crippen LogP contribution in [-0.2, 0) is 6.42 Å². The van der Waals surface area contributed by atoms with Crippen LogP contribution in [0.5, 0.6) is 0 Å². The van der Waals surface area contributed by atoms with Crippen LogP contribution in [0.1, 0.15) is 18.9 Å². The van der Waals surface area contributed by atoms with Crippen LogP contribution in [-0.4, -0.2) is 16.0 Å². The molecule has 3 nitrogen and oxygen atoms in total. The Hall–Kier alpha value is -1.17. The number of para-hydroxylation sites is 1. The molecule has 1 aliphatic heterocycles. The van der Waals surface area contributed by atoms with Gasteiger partial charge in [-0.15, -0.1) is 0 Å². The fraction of sp³-hybridized carbons (Fsp3) is 0.286. The summed E-state index contributed by atoms with van der Waals surface area (Å²) in [6.45, 7) is 2.23. The van der Waals surface area contributed by atoms with Gasteiger partial charge < -0.3 is 4.90 Å². The number of nitrogens with zero attached hydrogens (tertiary/aromatic N) is 3. The number of halogens is 1. The molecule has 1 aromatic heterocycles. The van der Waals surface area contributed by atoms with E-state index in [1.54, 1.807) is 0 Å². The lowest BCUT2D eigenvalue weighted by Crippen LogP contribution is -2.34. The first-order valence-corrected chi connectivity index (χ1v) is 7.18. The molecule has 1 unspecified atom stereocenters. The molecule has 3 rings (SSSR count). The van der Waals surface area contributed by atoms with Crippen molar-refractivity contribution in [2.45, 2.75) is 25.8 Å². The Labute approximate surface area is 120 Å². The molecule has 1 aromatic carbocycles. The fourth-order valence-corrected chi connectivity index (χ4v) is 2.70. The second kappa shape index (κ2) is 4.84. The third-order valence-corrected chi connectivity index (χ3v) is 3.90. The number of fused-ring (bicyclic) bond motifs is 1. The molecule has 0 bridgehead atoms. The van der Waals surface area contributed by atoms with Gasteiger partial charge in [-0.2, -0.15) is 0 Å². The lowest BCUT2D eigenvalue weighted by atomic mass is 9.97. The lowest BCUT2D eigenvalue weighted by Gasteiger charge is -2.35. The number of hydrogen-bond acceptors (Lipinski definition) is 3. The first-order valence-electron chi connectivity index (χ1n) is 6.10. The zero-order valence-corrected chi connectivity index (χ0v) is 12.3. The van der Waals surface area contributed by atoms with E-state index in [9.17, 15) is 0 Å². The Morgan fingerprint density at radius 3 is 2.72 bits per heavy atom. The molecule has 0 saturated heterocycles. The summed E-state index contributed by atoms with van der Waals surface area (Å²) >= 11 is 2.23. The van der Waals surface area contributed by atoms with Crippen LogP contribution in [0, 0.1) is 3.57 Å². The molecule has 0 fully saturated rings. The van der Waals surface area contributed by atoms with Gasteiger partial charge in [0.15, 0.2) is 0 Å². The van der Waals surface area contributed by atoms with Crippen LogP contribution in [0.2, 0.25) is 0 Å². The smallest absolute Gasteiger partial charge is 0.230 e. The molecule has 0 radical (unpaired) electrons. The van der Waals surface area contributed by atoms with Crippen LogP contribution in [0.25, 0.3) is 0 Å². The van der Waals surface area contributed by atoms with E-state index in [0.717, 1.165) is 22.4 Å². The highest BCUT2D eigenvalue weighted by Crippen LogP contribution is 2.34. The highest BCUT2D eigenvalue weighted by molar-refractivity contribution is 14.1. The fourth-order valence-electron chi connectivity index (χ4n) is 2.42. The summed E-state index contributed by atoms with van der Waals surface area (Å²) in [4.78, 5) is 11.2. The molecule has 1 atom stereocenters. The average Bonchev–Trinajstić information content (AvgIpc) is 2.40. The van der Waals surface area contributed by atoms with Crippen LogP contribution < -0.4 is 4.90 Å². The predicted octanol–water partition coefficient (Wildman–Crippen LogP) is 3.55. The van der Waals surface area contributed by atoms with Crippen molar-refractivity contribution in [2.75, 3.05) is 4.90 Å². The molecule has 0 amide bonds. The minimum Gasteiger partial charge on any atom is -0.307 e. The molecule has 18 heavy (non-hydrogen) atoms. The van der Waals surface area contributed by atoms with Crippen LogP contribution in [0.4, 0.5) is 11.6 Å². The van der Waals surface area contributed by atoms with E-state index < -0.39 is 0 Å². The zero-order valence-electron chi connectivity index (χ0n) is 10.2. The van der Waals surface area contributed by atoms with Crippen molar-refractivity contribution in [2.24, 2.45) is 0 Å². The van der Waals surface area contributed by atoms with Gasteiger partial charge in [0.25, 0.3) is 0 Å². The van der Waals surface area contributed by atoms with Gasteiger partial charge in [0, 0.05) is 27.7 Å². The largest absolute Gasteiger partial charge is 0.307 e. The van der Waals surface area contributed by atoms with Gasteiger partial charge in [-0.25, -0.2) is 9.97 Å². The zero-order chi connectivity index (χ0) is 12.5. The Kier molecular flexibility index (Phi) is 3.20. The molecule has 4 heteroatoms. The second-order valence-electron chi connectivity index (χ2n) is 4.59. The normalized spacial score (nSPS) is 18.6. The van der Waals surface area contributed by atoms with Crippen LogP contribution in [0.3, 0.4) is 0 Å². The van der Waals surface area contributed by atoms with E-state index in [1.807, 2.05) is 12.4 Å². The van der Waals surface area contributed by atoms with Crippen molar-refractivity contribution in [1.29, 1.82) is 0 Å². The molecule has 0 spiro atoms. The highest BCUT2D eigenvalue weighted by Gasteiger charge is 2.25. The summed E-state index contributed by atoms with van der Waals surface area (Å²) in [6.07, 6.45) is 6.02. The summed E-state index contributed by atoms with van der Waals surface area (Å²) in [5, 5.41) is 0. The van der Waals surface area contributed by atoms with E-state index >= 15 is 0 Å². The van der Waals surface area contributed by atoms with Gasteiger partial charge in [0.1, 0.15) is 0 Å². The predicted molar refractivity (Wildman–Crippen MR) is 81.1 cm³/mol. The maximum absolute atomic E-state index is 4.46. The van der Waals surface area contributed by atoms with Crippen molar-refractivity contribution < 1.29 is 0 Å². The van der Waals surface area contributed by atoms with Gasteiger partial charge in [-0.3, -0.25) is 0 Å². The number of rotatable bonds is 1. The van der Waals surface area contributed by atoms with Gasteiger partial charge in [-0.1, -0.05) is 18.2 Å². The van der Waals surface area contributed by atoms with E-state index in [1.165, 1.54) is 11.3 Å². The minimum absolute atomic E-state index is 0.444. The van der Waals surface area contributed by atoms with Gasteiger partial charge in [-0.05, 0) is 54.0 Å². The molecule has 92 valence electrons. The summed E-state index contributed by atoms with van der Waals surface area (Å²) < 4.78 is 1.06. The van der Waals surface area contributed by atoms with E-state index in [-0.39, 0.29) is 0 Å². The highest BCUT2D eigenvalue weighted by atomic mass is 127. The molecule has 2 heterocycles. The Balaban J connectivity index is 2.07. The van der Waals surface area contributed by atoms with Crippen molar-refractivity contribution >= 4 is 34.2 Å². The third kappa shape index (κ3) is 2.09. The maximum Gasteiger partial charge on any atom is 0.230 e. The topological polar surface area (TPSA) is 29.0 Å². The van der Waals surface area contributed by atoms with Crippen LogP contribution in [0.15, 0.2) is 36.7 Å². The molecule has 0 N–H and O–H groups in total.